The highest BCUT2D eigenvalue weighted by Gasteiger charge is 2.32. The molecular formula is C17H25N. The highest BCUT2D eigenvalue weighted by molar-refractivity contribution is 5.57. The second kappa shape index (κ2) is 4.09. The molecule has 0 aliphatic heterocycles. The molecule has 1 aromatic carbocycles. The van der Waals surface area contributed by atoms with Gasteiger partial charge < -0.3 is 5.73 Å². The van der Waals surface area contributed by atoms with Crippen LogP contribution in [0.3, 0.4) is 0 Å². The fourth-order valence-corrected chi connectivity index (χ4v) is 4.22. The smallest absolute Gasteiger partial charge is 0.0183 e. The fourth-order valence-electron chi connectivity index (χ4n) is 4.22. The van der Waals surface area contributed by atoms with E-state index in [1.165, 1.54) is 44.1 Å². The molecule has 0 bridgehead atoms. The Morgan fingerprint density at radius 1 is 0.833 bits per heavy atom. The Hall–Kier alpha value is -0.820. The molecule has 98 valence electrons. The quantitative estimate of drug-likeness (QED) is 0.803. The third kappa shape index (κ3) is 1.64. The van der Waals surface area contributed by atoms with Crippen LogP contribution >= 0.6 is 0 Å². The van der Waals surface area contributed by atoms with Crippen molar-refractivity contribution < 1.29 is 0 Å². The summed E-state index contributed by atoms with van der Waals surface area (Å²) in [6, 6.07) is 0. The van der Waals surface area contributed by atoms with Crippen molar-refractivity contribution in [2.45, 2.75) is 71.3 Å². The fraction of sp³-hybridized carbons (Fsp3) is 0.647. The molecule has 1 heteroatoms. The van der Waals surface area contributed by atoms with Crippen LogP contribution in [0.25, 0.3) is 0 Å². The van der Waals surface area contributed by atoms with E-state index in [0.29, 0.717) is 0 Å². The molecule has 2 aliphatic carbocycles. The Morgan fingerprint density at radius 3 is 1.67 bits per heavy atom. The summed E-state index contributed by atoms with van der Waals surface area (Å²) in [7, 11) is 0. The van der Waals surface area contributed by atoms with E-state index < -0.39 is 0 Å². The first-order chi connectivity index (χ1) is 8.54. The lowest BCUT2D eigenvalue weighted by molar-refractivity contribution is 0.576. The van der Waals surface area contributed by atoms with Crippen molar-refractivity contribution in [2.24, 2.45) is 5.73 Å². The summed E-state index contributed by atoms with van der Waals surface area (Å²) in [5.74, 6) is 0. The van der Waals surface area contributed by atoms with Crippen molar-refractivity contribution in [1.82, 2.24) is 0 Å². The maximum atomic E-state index is 6.06. The van der Waals surface area contributed by atoms with E-state index >= 15 is 0 Å². The van der Waals surface area contributed by atoms with Gasteiger partial charge in [-0.15, -0.1) is 0 Å². The lowest BCUT2D eigenvalue weighted by atomic mass is 9.76. The van der Waals surface area contributed by atoms with Crippen LogP contribution in [0.15, 0.2) is 0 Å². The first kappa shape index (κ1) is 12.2. The summed E-state index contributed by atoms with van der Waals surface area (Å²) in [5, 5.41) is 0. The molecule has 2 aliphatic rings. The number of hydrogen-bond acceptors (Lipinski definition) is 1. The van der Waals surface area contributed by atoms with Crippen molar-refractivity contribution in [3.8, 4) is 0 Å². The van der Waals surface area contributed by atoms with Gasteiger partial charge in [-0.1, -0.05) is 20.8 Å². The molecule has 0 heterocycles. The highest BCUT2D eigenvalue weighted by atomic mass is 14.5. The second-order valence-electron chi connectivity index (χ2n) is 6.93. The lowest BCUT2D eigenvalue weighted by Crippen LogP contribution is -2.20. The van der Waals surface area contributed by atoms with Crippen LogP contribution < -0.4 is 5.73 Å². The molecule has 0 aromatic heterocycles. The minimum atomic E-state index is 0.288. The van der Waals surface area contributed by atoms with E-state index in [0.717, 1.165) is 6.54 Å². The summed E-state index contributed by atoms with van der Waals surface area (Å²) < 4.78 is 0. The summed E-state index contributed by atoms with van der Waals surface area (Å²) in [5.41, 5.74) is 16.1. The molecule has 0 fully saturated rings. The normalized spacial score (nSPS) is 18.0. The Morgan fingerprint density at radius 2 is 1.28 bits per heavy atom. The predicted octanol–water partition coefficient (Wildman–Crippen LogP) is 3.42. The molecule has 0 spiro atoms. The lowest BCUT2D eigenvalue weighted by Gasteiger charge is -2.28. The maximum Gasteiger partial charge on any atom is 0.0183 e. The third-order valence-corrected chi connectivity index (χ3v) is 4.72. The van der Waals surface area contributed by atoms with Crippen LogP contribution in [0.2, 0.25) is 0 Å². The second-order valence-corrected chi connectivity index (χ2v) is 6.93. The van der Waals surface area contributed by atoms with Crippen molar-refractivity contribution in [2.75, 3.05) is 0 Å². The summed E-state index contributed by atoms with van der Waals surface area (Å²) in [6.45, 7) is 7.88. The van der Waals surface area contributed by atoms with Gasteiger partial charge in [0, 0.05) is 6.54 Å². The van der Waals surface area contributed by atoms with Crippen LogP contribution in [0.4, 0.5) is 0 Å². The van der Waals surface area contributed by atoms with E-state index in [1.807, 2.05) is 0 Å². The van der Waals surface area contributed by atoms with Gasteiger partial charge in [-0.2, -0.15) is 0 Å². The number of hydrogen-bond donors (Lipinski definition) is 1. The molecule has 0 atom stereocenters. The van der Waals surface area contributed by atoms with E-state index in [1.54, 1.807) is 27.8 Å². The highest BCUT2D eigenvalue weighted by Crippen LogP contribution is 2.43. The molecule has 0 unspecified atom stereocenters. The first-order valence-electron chi connectivity index (χ1n) is 7.43. The SMILES string of the molecule is CC(C)(C)c1c2c(c(CN)c3c1CCC3)CCC2. The molecule has 0 saturated heterocycles. The Kier molecular flexibility index (Phi) is 2.78. The Labute approximate surface area is 111 Å². The molecular weight excluding hydrogens is 218 g/mol. The molecule has 0 saturated carbocycles. The van der Waals surface area contributed by atoms with Gasteiger partial charge in [-0.25, -0.2) is 0 Å². The van der Waals surface area contributed by atoms with Gasteiger partial charge in [0.05, 0.1) is 0 Å². The van der Waals surface area contributed by atoms with Crippen molar-refractivity contribution in [3.05, 3.63) is 33.4 Å². The van der Waals surface area contributed by atoms with Crippen LogP contribution in [-0.4, -0.2) is 0 Å². The summed E-state index contributed by atoms with van der Waals surface area (Å²) in [6.07, 6.45) is 7.74. The average Bonchev–Trinajstić information content (AvgIpc) is 2.90. The van der Waals surface area contributed by atoms with E-state index in [4.69, 9.17) is 5.73 Å². The Bertz CT molecular complexity index is 456. The molecule has 0 radical (unpaired) electrons. The van der Waals surface area contributed by atoms with Crippen LogP contribution in [-0.2, 0) is 37.6 Å². The molecule has 1 nitrogen and oxygen atoms in total. The minimum Gasteiger partial charge on any atom is -0.326 e. The maximum absolute atomic E-state index is 6.06. The van der Waals surface area contributed by atoms with Crippen LogP contribution in [0.5, 0.6) is 0 Å². The number of benzene rings is 1. The molecule has 18 heavy (non-hydrogen) atoms. The average molecular weight is 243 g/mol. The van der Waals surface area contributed by atoms with Crippen molar-refractivity contribution in [1.29, 1.82) is 0 Å². The molecule has 3 rings (SSSR count). The summed E-state index contributed by atoms with van der Waals surface area (Å²) >= 11 is 0. The molecule has 0 amide bonds. The van der Waals surface area contributed by atoms with Crippen molar-refractivity contribution in [3.63, 3.8) is 0 Å². The van der Waals surface area contributed by atoms with Gasteiger partial charge in [0.15, 0.2) is 0 Å². The van der Waals surface area contributed by atoms with Gasteiger partial charge in [0.25, 0.3) is 0 Å². The van der Waals surface area contributed by atoms with Crippen molar-refractivity contribution >= 4 is 0 Å². The number of nitrogens with two attached hydrogens (primary N) is 1. The number of rotatable bonds is 1. The van der Waals surface area contributed by atoms with Crippen LogP contribution in [0.1, 0.15) is 67.0 Å². The minimum absolute atomic E-state index is 0.288. The number of fused-ring (bicyclic) bond motifs is 2. The summed E-state index contributed by atoms with van der Waals surface area (Å²) in [4.78, 5) is 0. The standard InChI is InChI=1S/C17H25N/c1-17(2,3)16-13-8-4-6-11(13)15(10-18)12-7-5-9-14(12)16/h4-10,18H2,1-3H3. The zero-order valence-corrected chi connectivity index (χ0v) is 12.0. The van der Waals surface area contributed by atoms with Gasteiger partial charge in [0.2, 0.25) is 0 Å². The third-order valence-electron chi connectivity index (χ3n) is 4.72. The zero-order valence-electron chi connectivity index (χ0n) is 12.0. The van der Waals surface area contributed by atoms with Crippen LogP contribution in [0, 0.1) is 0 Å². The van der Waals surface area contributed by atoms with Gasteiger partial charge in [0.1, 0.15) is 0 Å². The molecule has 1 aromatic rings. The predicted molar refractivity (Wildman–Crippen MR) is 77.1 cm³/mol. The monoisotopic (exact) mass is 243 g/mol. The Balaban J connectivity index is 2.34. The van der Waals surface area contributed by atoms with Gasteiger partial charge in [-0.3, -0.25) is 0 Å². The van der Waals surface area contributed by atoms with Gasteiger partial charge in [-0.05, 0) is 77.3 Å². The van der Waals surface area contributed by atoms with E-state index in [2.05, 4.69) is 20.8 Å². The van der Waals surface area contributed by atoms with Gasteiger partial charge >= 0.3 is 0 Å². The first-order valence-corrected chi connectivity index (χ1v) is 7.43. The topological polar surface area (TPSA) is 26.0 Å². The largest absolute Gasteiger partial charge is 0.326 e. The van der Waals surface area contributed by atoms with E-state index in [9.17, 15) is 0 Å². The zero-order chi connectivity index (χ0) is 12.9. The molecule has 2 N–H and O–H groups in total. The van der Waals surface area contributed by atoms with E-state index in [-0.39, 0.29) is 5.41 Å².